The second kappa shape index (κ2) is 7.85. The molecule has 3 nitrogen and oxygen atoms in total. The first-order chi connectivity index (χ1) is 10.2. The third-order valence-corrected chi connectivity index (χ3v) is 4.75. The third kappa shape index (κ3) is 3.80. The lowest BCUT2D eigenvalue weighted by Gasteiger charge is -2.30. The number of carbonyl (C=O) groups is 1. The molecule has 0 aromatic heterocycles. The van der Waals surface area contributed by atoms with Crippen LogP contribution in [0.4, 0.5) is 0 Å². The quantitative estimate of drug-likeness (QED) is 0.837. The molecule has 1 aromatic rings. The smallest absolute Gasteiger partial charge is 0.245 e. The summed E-state index contributed by atoms with van der Waals surface area (Å²) in [5.41, 5.74) is 1.07. The summed E-state index contributed by atoms with van der Waals surface area (Å²) in [7, 11) is 0. The molecule has 1 amide bonds. The minimum atomic E-state index is -0.181. The summed E-state index contributed by atoms with van der Waals surface area (Å²) in [6.07, 6.45) is 5.44. The van der Waals surface area contributed by atoms with Crippen LogP contribution in [-0.4, -0.2) is 35.0 Å². The van der Waals surface area contributed by atoms with E-state index in [0.29, 0.717) is 6.04 Å². The number of thioether (sulfide) groups is 1. The molecule has 1 aromatic carbocycles. The van der Waals surface area contributed by atoms with Crippen molar-refractivity contribution in [1.82, 2.24) is 10.2 Å². The van der Waals surface area contributed by atoms with Gasteiger partial charge in [-0.05, 0) is 37.3 Å². The van der Waals surface area contributed by atoms with Crippen LogP contribution in [0.3, 0.4) is 0 Å². The average molecular weight is 306 g/mol. The number of amides is 1. The van der Waals surface area contributed by atoms with Crippen LogP contribution in [0.2, 0.25) is 0 Å². The standard InChI is InChI=1S/C17H26N2OS/c1-4-8-15-18-16(14-9-6-5-7-10-14)17(20)19(15)13(2)11-12-21-3/h5-7,9-10,13,15-16,18H,4,8,11-12H2,1-3H3. The molecule has 1 aliphatic rings. The van der Waals surface area contributed by atoms with Gasteiger partial charge in [0.1, 0.15) is 6.04 Å². The van der Waals surface area contributed by atoms with Gasteiger partial charge in [-0.15, -0.1) is 0 Å². The van der Waals surface area contributed by atoms with Gasteiger partial charge in [0.15, 0.2) is 0 Å². The normalized spacial score (nSPS) is 23.6. The van der Waals surface area contributed by atoms with Crippen molar-refractivity contribution in [3.05, 3.63) is 35.9 Å². The molecular weight excluding hydrogens is 280 g/mol. The van der Waals surface area contributed by atoms with E-state index in [4.69, 9.17) is 0 Å². The molecule has 1 aliphatic heterocycles. The van der Waals surface area contributed by atoms with E-state index in [1.807, 2.05) is 42.1 Å². The molecule has 1 N–H and O–H groups in total. The number of nitrogens with one attached hydrogen (secondary N) is 1. The molecule has 3 unspecified atom stereocenters. The van der Waals surface area contributed by atoms with Gasteiger partial charge in [-0.3, -0.25) is 10.1 Å². The van der Waals surface area contributed by atoms with E-state index in [9.17, 15) is 4.79 Å². The molecule has 1 heterocycles. The zero-order chi connectivity index (χ0) is 15.2. The van der Waals surface area contributed by atoms with Gasteiger partial charge in [-0.1, -0.05) is 43.7 Å². The van der Waals surface area contributed by atoms with E-state index in [0.717, 1.165) is 30.6 Å². The fourth-order valence-electron chi connectivity index (χ4n) is 2.98. The van der Waals surface area contributed by atoms with Crippen LogP contribution in [-0.2, 0) is 4.79 Å². The van der Waals surface area contributed by atoms with Crippen LogP contribution in [0.1, 0.15) is 44.7 Å². The maximum atomic E-state index is 12.9. The van der Waals surface area contributed by atoms with Crippen LogP contribution >= 0.6 is 11.8 Å². The molecule has 1 saturated heterocycles. The first kappa shape index (κ1) is 16.4. The molecule has 0 saturated carbocycles. The lowest BCUT2D eigenvalue weighted by atomic mass is 10.1. The summed E-state index contributed by atoms with van der Waals surface area (Å²) in [5.74, 6) is 1.33. The highest BCUT2D eigenvalue weighted by atomic mass is 32.2. The Labute approximate surface area is 132 Å². The van der Waals surface area contributed by atoms with Crippen LogP contribution in [0.25, 0.3) is 0 Å². The van der Waals surface area contributed by atoms with Crippen molar-refractivity contribution in [2.24, 2.45) is 0 Å². The topological polar surface area (TPSA) is 32.3 Å². The van der Waals surface area contributed by atoms with Crippen molar-refractivity contribution in [3.63, 3.8) is 0 Å². The molecule has 0 radical (unpaired) electrons. The van der Waals surface area contributed by atoms with E-state index >= 15 is 0 Å². The van der Waals surface area contributed by atoms with Crippen molar-refractivity contribution in [1.29, 1.82) is 0 Å². The second-order valence-electron chi connectivity index (χ2n) is 5.69. The van der Waals surface area contributed by atoms with Crippen molar-refractivity contribution in [2.75, 3.05) is 12.0 Å². The minimum absolute atomic E-state index is 0.171. The zero-order valence-corrected chi connectivity index (χ0v) is 14.0. The fourth-order valence-corrected chi connectivity index (χ4v) is 3.56. The highest BCUT2D eigenvalue weighted by Gasteiger charge is 2.41. The van der Waals surface area contributed by atoms with E-state index in [-0.39, 0.29) is 18.1 Å². The largest absolute Gasteiger partial charge is 0.323 e. The molecule has 116 valence electrons. The second-order valence-corrected chi connectivity index (χ2v) is 6.68. The fraction of sp³-hybridized carbons (Fsp3) is 0.588. The van der Waals surface area contributed by atoms with Gasteiger partial charge >= 0.3 is 0 Å². The molecule has 1 fully saturated rings. The third-order valence-electron chi connectivity index (χ3n) is 4.11. The molecule has 4 heteroatoms. The summed E-state index contributed by atoms with van der Waals surface area (Å²) >= 11 is 1.84. The summed E-state index contributed by atoms with van der Waals surface area (Å²) in [5, 5.41) is 3.53. The Balaban J connectivity index is 2.16. The lowest BCUT2D eigenvalue weighted by molar-refractivity contribution is -0.132. The predicted octanol–water partition coefficient (Wildman–Crippen LogP) is 3.43. The maximum Gasteiger partial charge on any atom is 0.245 e. The number of benzene rings is 1. The van der Waals surface area contributed by atoms with E-state index < -0.39 is 0 Å². The number of rotatable bonds is 7. The molecule has 0 spiro atoms. The van der Waals surface area contributed by atoms with Gasteiger partial charge in [0, 0.05) is 6.04 Å². The van der Waals surface area contributed by atoms with Crippen LogP contribution in [0.5, 0.6) is 0 Å². The average Bonchev–Trinajstić information content (AvgIpc) is 2.83. The molecular formula is C17H26N2OS. The van der Waals surface area contributed by atoms with Gasteiger partial charge in [-0.2, -0.15) is 11.8 Å². The Bertz CT molecular complexity index is 451. The van der Waals surface area contributed by atoms with E-state index in [2.05, 4.69) is 30.3 Å². The summed E-state index contributed by atoms with van der Waals surface area (Å²) in [6, 6.07) is 10.2. The van der Waals surface area contributed by atoms with Gasteiger partial charge in [0.25, 0.3) is 0 Å². The van der Waals surface area contributed by atoms with Crippen LogP contribution in [0, 0.1) is 0 Å². The van der Waals surface area contributed by atoms with Crippen LogP contribution in [0.15, 0.2) is 30.3 Å². The first-order valence-electron chi connectivity index (χ1n) is 7.81. The van der Waals surface area contributed by atoms with Gasteiger partial charge in [-0.25, -0.2) is 0 Å². The van der Waals surface area contributed by atoms with E-state index in [1.54, 1.807) is 0 Å². The predicted molar refractivity (Wildman–Crippen MR) is 90.3 cm³/mol. The van der Waals surface area contributed by atoms with Crippen LogP contribution < -0.4 is 5.32 Å². The van der Waals surface area contributed by atoms with Crippen molar-refractivity contribution >= 4 is 17.7 Å². The molecule has 0 bridgehead atoms. The Morgan fingerprint density at radius 2 is 2.05 bits per heavy atom. The zero-order valence-electron chi connectivity index (χ0n) is 13.2. The highest BCUT2D eigenvalue weighted by molar-refractivity contribution is 7.98. The SMILES string of the molecule is CCCC1NC(c2ccccc2)C(=O)N1C(C)CCSC. The summed E-state index contributed by atoms with van der Waals surface area (Å²) < 4.78 is 0. The lowest BCUT2D eigenvalue weighted by Crippen LogP contribution is -2.43. The highest BCUT2D eigenvalue weighted by Crippen LogP contribution is 2.28. The van der Waals surface area contributed by atoms with Crippen molar-refractivity contribution < 1.29 is 4.79 Å². The summed E-state index contributed by atoms with van der Waals surface area (Å²) in [4.78, 5) is 14.9. The van der Waals surface area contributed by atoms with Crippen molar-refractivity contribution in [2.45, 2.75) is 51.4 Å². The Morgan fingerprint density at radius 3 is 2.67 bits per heavy atom. The molecule has 2 rings (SSSR count). The van der Waals surface area contributed by atoms with Gasteiger partial charge in [0.2, 0.25) is 5.91 Å². The Kier molecular flexibility index (Phi) is 6.12. The number of nitrogens with zero attached hydrogens (tertiary/aromatic N) is 1. The number of hydrogen-bond donors (Lipinski definition) is 1. The Hall–Kier alpha value is -1.00. The van der Waals surface area contributed by atoms with Gasteiger partial charge < -0.3 is 4.90 Å². The summed E-state index contributed by atoms with van der Waals surface area (Å²) in [6.45, 7) is 4.35. The molecule has 21 heavy (non-hydrogen) atoms. The molecule has 0 aliphatic carbocycles. The maximum absolute atomic E-state index is 12.9. The Morgan fingerprint density at radius 1 is 1.33 bits per heavy atom. The first-order valence-corrected chi connectivity index (χ1v) is 9.20. The monoisotopic (exact) mass is 306 g/mol. The number of hydrogen-bond acceptors (Lipinski definition) is 3. The van der Waals surface area contributed by atoms with Crippen molar-refractivity contribution in [3.8, 4) is 0 Å². The number of carbonyl (C=O) groups excluding carboxylic acids is 1. The van der Waals surface area contributed by atoms with E-state index in [1.165, 1.54) is 0 Å². The minimum Gasteiger partial charge on any atom is -0.323 e. The molecule has 3 atom stereocenters. The van der Waals surface area contributed by atoms with Gasteiger partial charge in [0.05, 0.1) is 6.17 Å².